The third-order valence-corrected chi connectivity index (χ3v) is 6.98. The van der Waals surface area contributed by atoms with Crippen molar-refractivity contribution < 1.29 is 0 Å². The maximum absolute atomic E-state index is 9.10. The average molecular weight is 484 g/mol. The molecule has 0 aliphatic heterocycles. The van der Waals surface area contributed by atoms with Gasteiger partial charge in [0.1, 0.15) is 11.8 Å². The van der Waals surface area contributed by atoms with Crippen molar-refractivity contribution in [1.29, 1.82) is 10.5 Å². The molecule has 3 rings (SSSR count). The molecule has 3 aromatic rings. The van der Waals surface area contributed by atoms with E-state index in [-0.39, 0.29) is 5.70 Å². The van der Waals surface area contributed by atoms with E-state index in [4.69, 9.17) is 16.3 Å². The summed E-state index contributed by atoms with van der Waals surface area (Å²) >= 11 is 3.43. The molecule has 7 heteroatoms. The molecule has 0 bridgehead atoms. The molecule has 0 aliphatic carbocycles. The Kier molecular flexibility index (Phi) is 8.99. The number of allylic oxidation sites excluding steroid dienone is 5. The van der Waals surface area contributed by atoms with Crippen molar-refractivity contribution >= 4 is 41.5 Å². The summed E-state index contributed by atoms with van der Waals surface area (Å²) in [5, 5.41) is 17.9. The number of nitrogens with two attached hydrogens (primary N) is 1. The number of hydrogen-bond acceptors (Lipinski definition) is 6. The van der Waals surface area contributed by atoms with E-state index in [2.05, 4.69) is 65.7 Å². The fraction of sp³-hybridized carbons (Fsp3) is 0.148. The molecular weight excluding hydrogens is 458 g/mol. The molecule has 0 amide bonds. The molecule has 0 saturated carbocycles. The van der Waals surface area contributed by atoms with Gasteiger partial charge < -0.3 is 10.3 Å². The fourth-order valence-corrected chi connectivity index (χ4v) is 5.22. The summed E-state index contributed by atoms with van der Waals surface area (Å²) in [6.07, 6.45) is 12.1. The van der Waals surface area contributed by atoms with E-state index in [9.17, 15) is 0 Å². The number of aromatic nitrogens is 1. The first-order chi connectivity index (χ1) is 16.6. The second-order valence-corrected chi connectivity index (χ2v) is 9.53. The lowest BCUT2D eigenvalue weighted by atomic mass is 10.2. The zero-order valence-corrected chi connectivity index (χ0v) is 20.6. The molecule has 0 saturated heterocycles. The summed E-state index contributed by atoms with van der Waals surface area (Å²) in [7, 11) is 0. The van der Waals surface area contributed by atoms with Crippen LogP contribution in [0, 0.1) is 22.7 Å². The highest BCUT2D eigenvalue weighted by molar-refractivity contribution is 7.16. The molecule has 0 aromatic carbocycles. The molecule has 3 aromatic heterocycles. The van der Waals surface area contributed by atoms with Gasteiger partial charge in [0.05, 0.1) is 39.3 Å². The minimum absolute atomic E-state index is 0.190. The van der Waals surface area contributed by atoms with E-state index in [1.807, 2.05) is 24.3 Å². The van der Waals surface area contributed by atoms with Crippen molar-refractivity contribution in [3.05, 3.63) is 81.7 Å². The first-order valence-corrected chi connectivity index (χ1v) is 12.4. The first-order valence-electron chi connectivity index (χ1n) is 10.7. The van der Waals surface area contributed by atoms with Crippen LogP contribution in [0.2, 0.25) is 0 Å². The average Bonchev–Trinajstić information content (AvgIpc) is 3.58. The van der Waals surface area contributed by atoms with Gasteiger partial charge in [-0.2, -0.15) is 10.5 Å². The van der Waals surface area contributed by atoms with E-state index in [0.717, 1.165) is 22.7 Å². The topological polar surface area (TPSA) is 90.9 Å². The summed E-state index contributed by atoms with van der Waals surface area (Å²) in [6, 6.07) is 16.9. The van der Waals surface area contributed by atoms with Crippen LogP contribution in [-0.2, 0) is 6.54 Å². The molecular formula is C27H25N5S2. The van der Waals surface area contributed by atoms with Gasteiger partial charge in [0.15, 0.2) is 0 Å². The molecule has 0 fully saturated rings. The fourth-order valence-electron chi connectivity index (χ4n) is 3.31. The van der Waals surface area contributed by atoms with Gasteiger partial charge in [-0.3, -0.25) is 4.99 Å². The molecule has 2 N–H and O–H groups in total. The summed E-state index contributed by atoms with van der Waals surface area (Å²) in [4.78, 5) is 8.37. The standard InChI is InChI=1S/C27H25N5S2/c1-3-16-32-24(26-14-10-22(33-26)8-4-6-20(17-28)19-31-2)12-13-25(32)27-15-11-23(34-27)9-5-7-21(30)18-29/h4-15H,2-3,16,19,30H2,1H3/b8-4+,9-5+,20-6+,21-7+. The Morgan fingerprint density at radius 2 is 1.56 bits per heavy atom. The molecule has 3 heterocycles. The van der Waals surface area contributed by atoms with Gasteiger partial charge in [-0.1, -0.05) is 19.1 Å². The highest BCUT2D eigenvalue weighted by Crippen LogP contribution is 2.36. The highest BCUT2D eigenvalue weighted by atomic mass is 32.1. The number of nitriles is 2. The van der Waals surface area contributed by atoms with Crippen LogP contribution in [0.3, 0.4) is 0 Å². The predicted molar refractivity (Wildman–Crippen MR) is 145 cm³/mol. The molecule has 0 unspecified atom stereocenters. The van der Waals surface area contributed by atoms with Crippen LogP contribution in [0.25, 0.3) is 33.3 Å². The van der Waals surface area contributed by atoms with Crippen LogP contribution >= 0.6 is 22.7 Å². The predicted octanol–water partition coefficient (Wildman–Crippen LogP) is 6.90. The minimum atomic E-state index is 0.190. The van der Waals surface area contributed by atoms with Crippen LogP contribution in [0.5, 0.6) is 0 Å². The van der Waals surface area contributed by atoms with Gasteiger partial charge >= 0.3 is 0 Å². The van der Waals surface area contributed by atoms with Crippen LogP contribution in [0.4, 0.5) is 0 Å². The maximum atomic E-state index is 9.10. The lowest BCUT2D eigenvalue weighted by Gasteiger charge is -2.10. The number of rotatable bonds is 10. The largest absolute Gasteiger partial charge is 0.390 e. The number of aliphatic imine (C=N–C) groups is 1. The molecule has 34 heavy (non-hydrogen) atoms. The van der Waals surface area contributed by atoms with Crippen LogP contribution < -0.4 is 5.73 Å². The Balaban J connectivity index is 1.85. The summed E-state index contributed by atoms with van der Waals surface area (Å²) in [6.45, 7) is 6.87. The van der Waals surface area contributed by atoms with Crippen molar-refractivity contribution in [3.8, 4) is 33.3 Å². The van der Waals surface area contributed by atoms with Gasteiger partial charge in [0.25, 0.3) is 0 Å². The van der Waals surface area contributed by atoms with Crippen molar-refractivity contribution in [1.82, 2.24) is 4.57 Å². The third-order valence-electron chi connectivity index (χ3n) is 4.84. The number of hydrogen-bond donors (Lipinski definition) is 1. The minimum Gasteiger partial charge on any atom is -0.390 e. The smallest absolute Gasteiger partial charge is 0.117 e. The van der Waals surface area contributed by atoms with E-state index >= 15 is 0 Å². The van der Waals surface area contributed by atoms with Crippen molar-refractivity contribution in [3.63, 3.8) is 0 Å². The molecule has 5 nitrogen and oxygen atoms in total. The Bertz CT molecular complexity index is 1350. The maximum Gasteiger partial charge on any atom is 0.117 e. The highest BCUT2D eigenvalue weighted by Gasteiger charge is 2.14. The molecule has 170 valence electrons. The molecule has 0 spiro atoms. The van der Waals surface area contributed by atoms with Crippen molar-refractivity contribution in [2.75, 3.05) is 6.54 Å². The number of nitrogens with zero attached hydrogens (tertiary/aromatic N) is 4. The lowest BCUT2D eigenvalue weighted by molar-refractivity contribution is 0.697. The number of thiophene rings is 2. The third kappa shape index (κ3) is 6.32. The Labute approximate surface area is 208 Å². The Morgan fingerprint density at radius 1 is 0.971 bits per heavy atom. The van der Waals surface area contributed by atoms with E-state index in [1.54, 1.807) is 40.9 Å². The second kappa shape index (κ2) is 12.4. The quantitative estimate of drug-likeness (QED) is 0.193. The van der Waals surface area contributed by atoms with E-state index in [0.29, 0.717) is 12.1 Å². The van der Waals surface area contributed by atoms with E-state index in [1.165, 1.54) is 21.1 Å². The van der Waals surface area contributed by atoms with Crippen molar-refractivity contribution in [2.24, 2.45) is 10.7 Å². The molecule has 0 radical (unpaired) electrons. The van der Waals surface area contributed by atoms with Gasteiger partial charge in [-0.25, -0.2) is 0 Å². The zero-order valence-electron chi connectivity index (χ0n) is 18.9. The van der Waals surface area contributed by atoms with Gasteiger partial charge in [0.2, 0.25) is 0 Å². The van der Waals surface area contributed by atoms with Crippen LogP contribution in [0.1, 0.15) is 23.1 Å². The van der Waals surface area contributed by atoms with Gasteiger partial charge in [-0.15, -0.1) is 22.7 Å². The van der Waals surface area contributed by atoms with Crippen LogP contribution in [0.15, 0.2) is 77.0 Å². The van der Waals surface area contributed by atoms with E-state index < -0.39 is 0 Å². The zero-order chi connectivity index (χ0) is 24.3. The summed E-state index contributed by atoms with van der Waals surface area (Å²) in [5.74, 6) is 0. The normalized spacial score (nSPS) is 12.3. The lowest BCUT2D eigenvalue weighted by Crippen LogP contribution is -2.00. The first kappa shape index (κ1) is 24.7. The Hall–Kier alpha value is -3.91. The summed E-state index contributed by atoms with van der Waals surface area (Å²) < 4.78 is 2.37. The monoisotopic (exact) mass is 483 g/mol. The molecule has 0 aliphatic rings. The van der Waals surface area contributed by atoms with Crippen molar-refractivity contribution in [2.45, 2.75) is 19.9 Å². The van der Waals surface area contributed by atoms with Crippen LogP contribution in [-0.4, -0.2) is 17.8 Å². The SMILES string of the molecule is C=NC/C(C#N)=C/C=C/c1ccc(-c2ccc(-c3ccc(/C=C/C=C(/N)C#N)s3)n2CCC)s1. The Morgan fingerprint density at radius 3 is 2.06 bits per heavy atom. The van der Waals surface area contributed by atoms with Gasteiger partial charge in [0, 0.05) is 16.3 Å². The molecule has 0 atom stereocenters. The summed E-state index contributed by atoms with van der Waals surface area (Å²) in [5.41, 5.74) is 8.69. The van der Waals surface area contributed by atoms with Gasteiger partial charge in [-0.05, 0) is 73.8 Å². The second-order valence-electron chi connectivity index (χ2n) is 7.30.